The number of esters is 1. The highest BCUT2D eigenvalue weighted by molar-refractivity contribution is 7.22. The van der Waals surface area contributed by atoms with Gasteiger partial charge in [-0.1, -0.05) is 11.3 Å². The lowest BCUT2D eigenvalue weighted by atomic mass is 10.2. The van der Waals surface area contributed by atoms with Crippen LogP contribution in [0.3, 0.4) is 0 Å². The van der Waals surface area contributed by atoms with Gasteiger partial charge in [0.15, 0.2) is 5.13 Å². The summed E-state index contributed by atoms with van der Waals surface area (Å²) in [4.78, 5) is 35.5. The quantitative estimate of drug-likeness (QED) is 0.744. The molecule has 1 aromatic carbocycles. The van der Waals surface area contributed by atoms with Crippen molar-refractivity contribution in [1.29, 1.82) is 0 Å². The summed E-state index contributed by atoms with van der Waals surface area (Å²) in [6, 6.07) is 5.01. The summed E-state index contributed by atoms with van der Waals surface area (Å²) < 4.78 is 5.45. The topological polar surface area (TPSA) is 94.1 Å². The van der Waals surface area contributed by atoms with E-state index in [1.54, 1.807) is 18.2 Å². The van der Waals surface area contributed by atoms with Crippen molar-refractivity contribution in [2.75, 3.05) is 12.4 Å². The van der Waals surface area contributed by atoms with E-state index in [9.17, 15) is 9.59 Å². The second kappa shape index (κ2) is 5.86. The number of anilines is 1. The molecule has 0 spiro atoms. The van der Waals surface area contributed by atoms with E-state index in [1.165, 1.54) is 37.0 Å². The Bertz CT molecular complexity index is 848. The van der Waals surface area contributed by atoms with E-state index in [2.05, 4.69) is 25.0 Å². The summed E-state index contributed by atoms with van der Waals surface area (Å²) in [7, 11) is 1.33. The largest absolute Gasteiger partial charge is 0.465 e. The third-order valence-electron chi connectivity index (χ3n) is 2.83. The fraction of sp³-hybridized carbons (Fsp3) is 0.0714. The summed E-state index contributed by atoms with van der Waals surface area (Å²) in [6.45, 7) is 0. The molecule has 0 aliphatic carbocycles. The van der Waals surface area contributed by atoms with Crippen LogP contribution in [0.4, 0.5) is 5.13 Å². The molecule has 3 aromatic rings. The van der Waals surface area contributed by atoms with Gasteiger partial charge in [0, 0.05) is 12.4 Å². The fourth-order valence-corrected chi connectivity index (χ4v) is 2.70. The van der Waals surface area contributed by atoms with Gasteiger partial charge in [-0.15, -0.1) is 0 Å². The Hall–Kier alpha value is -2.87. The monoisotopic (exact) mass is 314 g/mol. The van der Waals surface area contributed by atoms with Crippen LogP contribution >= 0.6 is 11.3 Å². The number of fused-ring (bicyclic) bond motifs is 1. The van der Waals surface area contributed by atoms with E-state index in [1.807, 2.05) is 0 Å². The Balaban J connectivity index is 1.86. The maximum absolute atomic E-state index is 12.0. The summed E-state index contributed by atoms with van der Waals surface area (Å²) in [6.07, 6.45) is 4.30. The number of hydrogen-bond acceptors (Lipinski definition) is 7. The van der Waals surface area contributed by atoms with Gasteiger partial charge in [-0.05, 0) is 18.2 Å². The smallest absolute Gasteiger partial charge is 0.337 e. The Morgan fingerprint density at radius 1 is 1.27 bits per heavy atom. The van der Waals surface area contributed by atoms with Gasteiger partial charge in [0.25, 0.3) is 5.91 Å². The maximum atomic E-state index is 12.0. The number of carbonyl (C=O) groups is 2. The summed E-state index contributed by atoms with van der Waals surface area (Å²) in [5.74, 6) is -0.805. The number of aromatic nitrogens is 3. The first-order valence-electron chi connectivity index (χ1n) is 6.23. The van der Waals surface area contributed by atoms with Crippen LogP contribution < -0.4 is 5.32 Å². The van der Waals surface area contributed by atoms with Crippen LogP contribution in [0.5, 0.6) is 0 Å². The van der Waals surface area contributed by atoms with E-state index in [0.29, 0.717) is 16.2 Å². The van der Waals surface area contributed by atoms with E-state index in [4.69, 9.17) is 0 Å². The number of thiazole rings is 1. The molecular weight excluding hydrogens is 304 g/mol. The van der Waals surface area contributed by atoms with Gasteiger partial charge in [-0.2, -0.15) is 0 Å². The lowest BCUT2D eigenvalue weighted by molar-refractivity contribution is 0.0601. The molecule has 1 amide bonds. The molecule has 0 aliphatic rings. The number of amides is 1. The molecule has 22 heavy (non-hydrogen) atoms. The predicted molar refractivity (Wildman–Crippen MR) is 80.9 cm³/mol. The molecule has 0 unspecified atom stereocenters. The van der Waals surface area contributed by atoms with Gasteiger partial charge in [-0.25, -0.2) is 14.8 Å². The third kappa shape index (κ3) is 2.77. The van der Waals surface area contributed by atoms with Crippen LogP contribution in [-0.2, 0) is 4.74 Å². The second-order valence-electron chi connectivity index (χ2n) is 4.24. The fourth-order valence-electron chi connectivity index (χ4n) is 1.80. The van der Waals surface area contributed by atoms with Gasteiger partial charge in [0.2, 0.25) is 0 Å². The zero-order chi connectivity index (χ0) is 15.5. The van der Waals surface area contributed by atoms with Gasteiger partial charge in [0.05, 0.1) is 29.1 Å². The van der Waals surface area contributed by atoms with Gasteiger partial charge in [0.1, 0.15) is 5.69 Å². The molecule has 1 N–H and O–H groups in total. The number of nitrogens with zero attached hydrogens (tertiary/aromatic N) is 3. The maximum Gasteiger partial charge on any atom is 0.337 e. The highest BCUT2D eigenvalue weighted by Crippen LogP contribution is 2.27. The molecular formula is C14H10N4O3S. The first kappa shape index (κ1) is 14.1. The Morgan fingerprint density at radius 3 is 2.86 bits per heavy atom. The SMILES string of the molecule is COC(=O)c1ccc2nc(NC(=O)c3cnccn3)sc2c1. The summed E-state index contributed by atoms with van der Waals surface area (Å²) >= 11 is 1.26. The van der Waals surface area contributed by atoms with Crippen LogP contribution in [0.15, 0.2) is 36.8 Å². The van der Waals surface area contributed by atoms with E-state index in [0.717, 1.165) is 4.70 Å². The predicted octanol–water partition coefficient (Wildman–Crippen LogP) is 2.13. The average Bonchev–Trinajstić information content (AvgIpc) is 2.96. The minimum absolute atomic E-state index is 0.206. The Labute approximate surface area is 129 Å². The number of carbonyl (C=O) groups excluding carboxylic acids is 2. The van der Waals surface area contributed by atoms with Crippen LogP contribution in [-0.4, -0.2) is 33.9 Å². The molecule has 0 aliphatic heterocycles. The number of methoxy groups -OCH3 is 1. The number of hydrogen-bond donors (Lipinski definition) is 1. The van der Waals surface area contributed by atoms with Crippen LogP contribution in [0.25, 0.3) is 10.2 Å². The van der Waals surface area contributed by atoms with E-state index < -0.39 is 5.97 Å². The van der Waals surface area contributed by atoms with Gasteiger partial charge in [-0.3, -0.25) is 15.1 Å². The van der Waals surface area contributed by atoms with E-state index in [-0.39, 0.29) is 11.6 Å². The molecule has 7 nitrogen and oxygen atoms in total. The molecule has 0 atom stereocenters. The minimum atomic E-state index is -0.416. The number of rotatable bonds is 3. The van der Waals surface area contributed by atoms with Crippen molar-refractivity contribution >= 4 is 38.6 Å². The summed E-state index contributed by atoms with van der Waals surface area (Å²) in [5.41, 5.74) is 1.33. The molecule has 0 saturated heterocycles. The van der Waals surface area contributed by atoms with Crippen molar-refractivity contribution in [1.82, 2.24) is 15.0 Å². The molecule has 0 radical (unpaired) electrons. The number of nitrogens with one attached hydrogen (secondary N) is 1. The first-order chi connectivity index (χ1) is 10.7. The minimum Gasteiger partial charge on any atom is -0.465 e. The zero-order valence-electron chi connectivity index (χ0n) is 11.4. The molecule has 8 heteroatoms. The van der Waals surface area contributed by atoms with Crippen LogP contribution in [0, 0.1) is 0 Å². The van der Waals surface area contributed by atoms with Gasteiger partial charge < -0.3 is 4.74 Å². The van der Waals surface area contributed by atoms with Crippen molar-refractivity contribution in [3.8, 4) is 0 Å². The van der Waals surface area contributed by atoms with Crippen molar-refractivity contribution in [2.45, 2.75) is 0 Å². The molecule has 0 fully saturated rings. The molecule has 2 heterocycles. The highest BCUT2D eigenvalue weighted by atomic mass is 32.1. The van der Waals surface area contributed by atoms with Crippen molar-refractivity contribution in [2.24, 2.45) is 0 Å². The Morgan fingerprint density at radius 2 is 2.14 bits per heavy atom. The molecule has 3 rings (SSSR count). The number of benzene rings is 1. The third-order valence-corrected chi connectivity index (χ3v) is 3.76. The molecule has 2 aromatic heterocycles. The molecule has 0 saturated carbocycles. The van der Waals surface area contributed by atoms with E-state index >= 15 is 0 Å². The lowest BCUT2D eigenvalue weighted by Crippen LogP contribution is -2.13. The lowest BCUT2D eigenvalue weighted by Gasteiger charge is -1.98. The molecule has 0 bridgehead atoms. The highest BCUT2D eigenvalue weighted by Gasteiger charge is 2.13. The van der Waals surface area contributed by atoms with Crippen molar-refractivity contribution in [3.63, 3.8) is 0 Å². The van der Waals surface area contributed by atoms with Crippen molar-refractivity contribution < 1.29 is 14.3 Å². The molecule has 110 valence electrons. The van der Waals surface area contributed by atoms with Gasteiger partial charge >= 0.3 is 5.97 Å². The zero-order valence-corrected chi connectivity index (χ0v) is 12.3. The Kier molecular flexibility index (Phi) is 3.75. The first-order valence-corrected chi connectivity index (χ1v) is 7.05. The number of ether oxygens (including phenoxy) is 1. The average molecular weight is 314 g/mol. The normalized spacial score (nSPS) is 10.4. The standard InChI is InChI=1S/C14H10N4O3S/c1-21-13(20)8-2-3-9-11(6-8)22-14(17-9)18-12(19)10-7-15-4-5-16-10/h2-7H,1H3,(H,17,18,19). The van der Waals surface area contributed by atoms with Crippen molar-refractivity contribution in [3.05, 3.63) is 48.0 Å². The second-order valence-corrected chi connectivity index (χ2v) is 5.27. The van der Waals surface area contributed by atoms with Crippen LogP contribution in [0.1, 0.15) is 20.8 Å². The summed E-state index contributed by atoms with van der Waals surface area (Å²) in [5, 5.41) is 3.08. The van der Waals surface area contributed by atoms with Crippen LogP contribution in [0.2, 0.25) is 0 Å².